The van der Waals surface area contributed by atoms with Gasteiger partial charge in [0.1, 0.15) is 0 Å². The monoisotopic (exact) mass is 191 g/mol. The molecule has 0 aromatic carbocycles. The van der Waals surface area contributed by atoms with Crippen molar-refractivity contribution in [1.82, 2.24) is 0 Å². The van der Waals surface area contributed by atoms with Gasteiger partial charge in [0, 0.05) is 6.42 Å². The van der Waals surface area contributed by atoms with E-state index in [1.807, 2.05) is 0 Å². The van der Waals surface area contributed by atoms with E-state index in [2.05, 4.69) is 0 Å². The zero-order chi connectivity index (χ0) is 10.0. The summed E-state index contributed by atoms with van der Waals surface area (Å²) in [6.45, 7) is 1.45. The van der Waals surface area contributed by atoms with E-state index >= 15 is 0 Å². The summed E-state index contributed by atoms with van der Waals surface area (Å²) in [7, 11) is 0. The molecule has 1 fully saturated rings. The lowest BCUT2D eigenvalue weighted by molar-refractivity contribution is -0.0760. The molecule has 5 nitrogen and oxygen atoms in total. The molecule has 0 aromatic rings. The Bertz CT molecular complexity index is 166. The maximum atomic E-state index is 9.47. The third-order valence-electron chi connectivity index (χ3n) is 2.47. The number of hydrogen-bond acceptors (Lipinski definition) is 5. The fourth-order valence-electron chi connectivity index (χ4n) is 1.47. The molecule has 13 heavy (non-hydrogen) atoms. The second kappa shape index (κ2) is 4.34. The Kier molecular flexibility index (Phi) is 3.63. The maximum Gasteiger partial charge on any atom is 0.0986 e. The molecule has 1 saturated heterocycles. The van der Waals surface area contributed by atoms with Crippen LogP contribution in [0.5, 0.6) is 0 Å². The van der Waals surface area contributed by atoms with Crippen LogP contribution in [0.1, 0.15) is 13.3 Å². The standard InChI is InChI=1S/C8H17NO4/c1-4-5(11)2-6(12)8(9)7(3-10)13-4/h4-8,10-12H,2-3,9H2,1H3/t4-,5?,6?,7?,8?/m1/s1. The maximum absolute atomic E-state index is 9.47. The topological polar surface area (TPSA) is 95.9 Å². The fraction of sp³-hybridized carbons (Fsp3) is 1.00. The van der Waals surface area contributed by atoms with Gasteiger partial charge in [0.25, 0.3) is 0 Å². The lowest BCUT2D eigenvalue weighted by Gasteiger charge is -2.23. The molecule has 5 N–H and O–H groups in total. The summed E-state index contributed by atoms with van der Waals surface area (Å²) in [5, 5.41) is 27.8. The zero-order valence-corrected chi connectivity index (χ0v) is 7.63. The van der Waals surface area contributed by atoms with Gasteiger partial charge in [-0.05, 0) is 6.92 Å². The van der Waals surface area contributed by atoms with Gasteiger partial charge >= 0.3 is 0 Å². The van der Waals surface area contributed by atoms with E-state index in [1.54, 1.807) is 6.92 Å². The van der Waals surface area contributed by atoms with Crippen LogP contribution in [0.25, 0.3) is 0 Å². The van der Waals surface area contributed by atoms with Crippen LogP contribution in [0.15, 0.2) is 0 Å². The molecule has 0 amide bonds. The summed E-state index contributed by atoms with van der Waals surface area (Å²) < 4.78 is 5.27. The highest BCUT2D eigenvalue weighted by Crippen LogP contribution is 2.18. The molecular weight excluding hydrogens is 174 g/mol. The van der Waals surface area contributed by atoms with E-state index in [9.17, 15) is 10.2 Å². The number of aliphatic hydroxyl groups excluding tert-OH is 3. The molecule has 0 radical (unpaired) electrons. The minimum atomic E-state index is -0.822. The molecule has 5 atom stereocenters. The molecule has 1 heterocycles. The molecular formula is C8H17NO4. The number of aliphatic hydroxyl groups is 3. The second-order valence-electron chi connectivity index (χ2n) is 3.51. The minimum Gasteiger partial charge on any atom is -0.394 e. The van der Waals surface area contributed by atoms with Crippen LogP contribution in [-0.4, -0.2) is 52.4 Å². The van der Waals surface area contributed by atoms with E-state index in [0.717, 1.165) is 0 Å². The highest BCUT2D eigenvalue weighted by atomic mass is 16.5. The molecule has 0 aromatic heterocycles. The Labute approximate surface area is 77.1 Å². The predicted molar refractivity (Wildman–Crippen MR) is 46.0 cm³/mol. The van der Waals surface area contributed by atoms with Gasteiger partial charge in [0.2, 0.25) is 0 Å². The third kappa shape index (κ3) is 2.38. The molecule has 5 heteroatoms. The quantitative estimate of drug-likeness (QED) is 0.392. The van der Waals surface area contributed by atoms with Crippen molar-refractivity contribution in [2.24, 2.45) is 5.73 Å². The van der Waals surface area contributed by atoms with Crippen LogP contribution in [0, 0.1) is 0 Å². The van der Waals surface area contributed by atoms with Crippen molar-refractivity contribution in [2.45, 2.75) is 43.8 Å². The Morgan fingerprint density at radius 1 is 1.38 bits per heavy atom. The Morgan fingerprint density at radius 3 is 2.54 bits per heavy atom. The van der Waals surface area contributed by atoms with Crippen LogP contribution in [0.2, 0.25) is 0 Å². The average molecular weight is 191 g/mol. The van der Waals surface area contributed by atoms with Gasteiger partial charge in [-0.2, -0.15) is 0 Å². The summed E-state index contributed by atoms with van der Waals surface area (Å²) in [5.41, 5.74) is 5.61. The number of nitrogens with two attached hydrogens (primary N) is 1. The van der Waals surface area contributed by atoms with Crippen LogP contribution in [0.3, 0.4) is 0 Å². The third-order valence-corrected chi connectivity index (χ3v) is 2.47. The van der Waals surface area contributed by atoms with Gasteiger partial charge in [-0.1, -0.05) is 0 Å². The lowest BCUT2D eigenvalue weighted by atomic mass is 10.0. The van der Waals surface area contributed by atoms with Crippen LogP contribution >= 0.6 is 0 Å². The van der Waals surface area contributed by atoms with Crippen molar-refractivity contribution in [3.05, 3.63) is 0 Å². The Balaban J connectivity index is 2.68. The highest BCUT2D eigenvalue weighted by Gasteiger charge is 2.34. The molecule has 1 aliphatic heterocycles. The van der Waals surface area contributed by atoms with Crippen LogP contribution in [0.4, 0.5) is 0 Å². The molecule has 78 valence electrons. The second-order valence-corrected chi connectivity index (χ2v) is 3.51. The molecule has 1 rings (SSSR count). The van der Waals surface area contributed by atoms with E-state index in [4.69, 9.17) is 15.6 Å². The van der Waals surface area contributed by atoms with Crippen molar-refractivity contribution in [3.8, 4) is 0 Å². The molecule has 0 bridgehead atoms. The first-order chi connectivity index (χ1) is 6.06. The van der Waals surface area contributed by atoms with Crippen molar-refractivity contribution in [1.29, 1.82) is 0 Å². The zero-order valence-electron chi connectivity index (χ0n) is 7.63. The summed E-state index contributed by atoms with van der Waals surface area (Å²) in [4.78, 5) is 0. The Hall–Kier alpha value is -0.200. The molecule has 0 spiro atoms. The van der Waals surface area contributed by atoms with E-state index in [-0.39, 0.29) is 13.0 Å². The van der Waals surface area contributed by atoms with Crippen LogP contribution < -0.4 is 5.73 Å². The SMILES string of the molecule is C[C@H]1OC(CO)C(N)C(O)CC1O. The van der Waals surface area contributed by atoms with Crippen molar-refractivity contribution >= 4 is 0 Å². The van der Waals surface area contributed by atoms with Gasteiger partial charge in [-0.25, -0.2) is 0 Å². The van der Waals surface area contributed by atoms with E-state index < -0.39 is 30.5 Å². The van der Waals surface area contributed by atoms with Gasteiger partial charge in [-0.3, -0.25) is 0 Å². The molecule has 1 aliphatic rings. The van der Waals surface area contributed by atoms with E-state index in [1.165, 1.54) is 0 Å². The number of hydrogen-bond donors (Lipinski definition) is 4. The van der Waals surface area contributed by atoms with Crippen LogP contribution in [-0.2, 0) is 4.74 Å². The smallest absolute Gasteiger partial charge is 0.0986 e. The normalized spacial score (nSPS) is 47.3. The average Bonchev–Trinajstić information content (AvgIpc) is 2.18. The van der Waals surface area contributed by atoms with E-state index in [0.29, 0.717) is 0 Å². The summed E-state index contributed by atoms with van der Waals surface area (Å²) in [5.74, 6) is 0. The van der Waals surface area contributed by atoms with Gasteiger partial charge < -0.3 is 25.8 Å². The molecule has 0 aliphatic carbocycles. The molecule has 4 unspecified atom stereocenters. The first kappa shape index (κ1) is 10.9. The predicted octanol–water partition coefficient (Wildman–Crippen LogP) is -1.79. The van der Waals surface area contributed by atoms with Gasteiger partial charge in [-0.15, -0.1) is 0 Å². The van der Waals surface area contributed by atoms with Crippen molar-refractivity contribution in [2.75, 3.05) is 6.61 Å². The largest absolute Gasteiger partial charge is 0.394 e. The number of rotatable bonds is 1. The van der Waals surface area contributed by atoms with Crippen molar-refractivity contribution in [3.63, 3.8) is 0 Å². The first-order valence-electron chi connectivity index (χ1n) is 4.44. The van der Waals surface area contributed by atoms with Gasteiger partial charge in [0.05, 0.1) is 37.1 Å². The Morgan fingerprint density at radius 2 is 2.00 bits per heavy atom. The fourth-order valence-corrected chi connectivity index (χ4v) is 1.47. The highest BCUT2D eigenvalue weighted by molar-refractivity contribution is 4.87. The first-order valence-corrected chi connectivity index (χ1v) is 4.44. The summed E-state index contributed by atoms with van der Waals surface area (Å²) >= 11 is 0. The summed E-state index contributed by atoms with van der Waals surface area (Å²) in [6.07, 6.45) is -2.35. The lowest BCUT2D eigenvalue weighted by Crippen LogP contribution is -2.46. The summed E-state index contributed by atoms with van der Waals surface area (Å²) in [6, 6.07) is -0.635. The van der Waals surface area contributed by atoms with Crippen molar-refractivity contribution < 1.29 is 20.1 Å². The minimum absolute atomic E-state index is 0.193. The van der Waals surface area contributed by atoms with Gasteiger partial charge in [0.15, 0.2) is 0 Å². The molecule has 0 saturated carbocycles. The number of ether oxygens (including phenoxy) is 1.